The van der Waals surface area contributed by atoms with E-state index in [1.165, 1.54) is 28.8 Å². The van der Waals surface area contributed by atoms with Gasteiger partial charge in [-0.1, -0.05) is 23.5 Å². The summed E-state index contributed by atoms with van der Waals surface area (Å²) in [5, 5.41) is 9.57. The highest BCUT2D eigenvalue weighted by Crippen LogP contribution is 2.38. The fraction of sp³-hybridized carbons (Fsp3) is 0.375. The fourth-order valence-corrected chi connectivity index (χ4v) is 4.47. The SMILES string of the molecule is Cc1cccc(N2C[C@H]3C[C@@H]2CN3c2ncc(C(=O)NO)s2)c1. The van der Waals surface area contributed by atoms with Crippen molar-refractivity contribution in [3.63, 3.8) is 0 Å². The van der Waals surface area contributed by atoms with Gasteiger partial charge in [0.1, 0.15) is 4.88 Å². The number of hydroxylamine groups is 1. The molecule has 2 aromatic rings. The Hall–Kier alpha value is -2.12. The first-order valence-electron chi connectivity index (χ1n) is 7.66. The van der Waals surface area contributed by atoms with Crippen molar-refractivity contribution in [2.24, 2.45) is 0 Å². The van der Waals surface area contributed by atoms with Crippen LogP contribution >= 0.6 is 11.3 Å². The van der Waals surface area contributed by atoms with Crippen molar-refractivity contribution >= 4 is 28.1 Å². The highest BCUT2D eigenvalue weighted by Gasteiger charge is 2.44. The maximum Gasteiger partial charge on any atom is 0.286 e. The number of fused-ring (bicyclic) bond motifs is 2. The lowest BCUT2D eigenvalue weighted by Crippen LogP contribution is -2.46. The third-order valence-corrected chi connectivity index (χ3v) is 5.67. The molecule has 120 valence electrons. The standard InChI is InChI=1S/C16H18N4O2S/c1-10-3-2-4-11(5-10)19-8-13-6-12(19)9-20(13)16-17-7-14(23-16)15(21)18-22/h2-5,7,12-13,22H,6,8-9H2,1H3,(H,18,21)/t12-,13-/m1/s1. The summed E-state index contributed by atoms with van der Waals surface area (Å²) in [5.41, 5.74) is 4.23. The van der Waals surface area contributed by atoms with E-state index >= 15 is 0 Å². The average molecular weight is 330 g/mol. The molecule has 0 spiro atoms. The molecular weight excluding hydrogens is 312 g/mol. The molecule has 0 saturated carbocycles. The second kappa shape index (κ2) is 5.50. The van der Waals surface area contributed by atoms with Gasteiger partial charge in [0.25, 0.3) is 5.91 Å². The summed E-state index contributed by atoms with van der Waals surface area (Å²) in [6.45, 7) is 4.02. The number of benzene rings is 1. The molecule has 23 heavy (non-hydrogen) atoms. The topological polar surface area (TPSA) is 68.7 Å². The number of hydrogen-bond acceptors (Lipinski definition) is 6. The molecule has 2 fully saturated rings. The van der Waals surface area contributed by atoms with Gasteiger partial charge in [-0.05, 0) is 31.0 Å². The Morgan fingerprint density at radius 3 is 2.83 bits per heavy atom. The van der Waals surface area contributed by atoms with Crippen LogP contribution in [0.4, 0.5) is 10.8 Å². The van der Waals surface area contributed by atoms with Crippen LogP contribution in [0.1, 0.15) is 21.7 Å². The molecule has 3 heterocycles. The molecule has 0 aliphatic carbocycles. The molecule has 2 bridgehead atoms. The number of hydrogen-bond donors (Lipinski definition) is 2. The number of nitrogens with zero attached hydrogens (tertiary/aromatic N) is 3. The lowest BCUT2D eigenvalue weighted by molar-refractivity contribution is 0.0710. The van der Waals surface area contributed by atoms with Gasteiger partial charge < -0.3 is 9.80 Å². The Bertz CT molecular complexity index is 747. The first-order chi connectivity index (χ1) is 11.2. The van der Waals surface area contributed by atoms with Crippen LogP contribution in [0.25, 0.3) is 0 Å². The quantitative estimate of drug-likeness (QED) is 0.666. The van der Waals surface area contributed by atoms with Gasteiger partial charge in [-0.3, -0.25) is 10.0 Å². The Morgan fingerprint density at radius 1 is 1.35 bits per heavy atom. The van der Waals surface area contributed by atoms with Gasteiger partial charge in [0.2, 0.25) is 0 Å². The normalized spacial score (nSPS) is 22.7. The van der Waals surface area contributed by atoms with Crippen molar-refractivity contribution in [2.45, 2.75) is 25.4 Å². The van der Waals surface area contributed by atoms with Crippen molar-refractivity contribution in [1.29, 1.82) is 0 Å². The van der Waals surface area contributed by atoms with Gasteiger partial charge in [-0.15, -0.1) is 0 Å². The highest BCUT2D eigenvalue weighted by molar-refractivity contribution is 7.17. The second-order valence-electron chi connectivity index (χ2n) is 6.14. The minimum Gasteiger partial charge on any atom is -0.365 e. The lowest BCUT2D eigenvalue weighted by Gasteiger charge is -2.35. The van der Waals surface area contributed by atoms with E-state index < -0.39 is 5.91 Å². The molecule has 2 aliphatic rings. The predicted octanol–water partition coefficient (Wildman–Crippen LogP) is 2.04. The molecule has 2 aliphatic heterocycles. The summed E-state index contributed by atoms with van der Waals surface area (Å²) in [6, 6.07) is 9.55. The summed E-state index contributed by atoms with van der Waals surface area (Å²) >= 11 is 1.33. The van der Waals surface area contributed by atoms with Crippen LogP contribution in [0.15, 0.2) is 30.5 Å². The number of carbonyl (C=O) groups is 1. The number of anilines is 2. The van der Waals surface area contributed by atoms with Crippen molar-refractivity contribution in [3.8, 4) is 0 Å². The van der Waals surface area contributed by atoms with E-state index in [0.717, 1.165) is 24.6 Å². The first-order valence-corrected chi connectivity index (χ1v) is 8.47. The van der Waals surface area contributed by atoms with Crippen LogP contribution < -0.4 is 15.3 Å². The Labute approximate surface area is 138 Å². The first kappa shape index (κ1) is 14.5. The van der Waals surface area contributed by atoms with Crippen LogP contribution in [0.3, 0.4) is 0 Å². The van der Waals surface area contributed by atoms with Gasteiger partial charge >= 0.3 is 0 Å². The van der Waals surface area contributed by atoms with E-state index in [4.69, 9.17) is 5.21 Å². The summed E-state index contributed by atoms with van der Waals surface area (Å²) in [7, 11) is 0. The van der Waals surface area contributed by atoms with E-state index in [1.807, 2.05) is 0 Å². The van der Waals surface area contributed by atoms with Gasteiger partial charge in [0.15, 0.2) is 5.13 Å². The molecule has 0 radical (unpaired) electrons. The molecule has 1 aromatic heterocycles. The number of piperazine rings is 1. The average Bonchev–Trinajstić information content (AvgIpc) is 3.28. The zero-order chi connectivity index (χ0) is 16.0. The minimum absolute atomic E-state index is 0.427. The summed E-state index contributed by atoms with van der Waals surface area (Å²) < 4.78 is 0. The van der Waals surface area contributed by atoms with E-state index in [0.29, 0.717) is 17.0 Å². The van der Waals surface area contributed by atoms with Crippen LogP contribution in [0.5, 0.6) is 0 Å². The van der Waals surface area contributed by atoms with Crippen molar-refractivity contribution in [1.82, 2.24) is 10.5 Å². The monoisotopic (exact) mass is 330 g/mol. The Balaban J connectivity index is 1.51. The molecular formula is C16H18N4O2S. The van der Waals surface area contributed by atoms with Gasteiger partial charge in [-0.25, -0.2) is 10.5 Å². The molecule has 7 heteroatoms. The summed E-state index contributed by atoms with van der Waals surface area (Å²) in [6.07, 6.45) is 2.64. The smallest absolute Gasteiger partial charge is 0.286 e. The van der Waals surface area contributed by atoms with Crippen LogP contribution in [0.2, 0.25) is 0 Å². The van der Waals surface area contributed by atoms with Crippen LogP contribution in [-0.2, 0) is 0 Å². The minimum atomic E-state index is -0.500. The molecule has 0 unspecified atom stereocenters. The molecule has 2 N–H and O–H groups in total. The number of amides is 1. The van der Waals surface area contributed by atoms with Crippen molar-refractivity contribution < 1.29 is 10.0 Å². The molecule has 6 nitrogen and oxygen atoms in total. The zero-order valence-corrected chi connectivity index (χ0v) is 13.6. The Morgan fingerprint density at radius 2 is 2.13 bits per heavy atom. The molecule has 2 saturated heterocycles. The number of aromatic nitrogens is 1. The molecule has 4 rings (SSSR count). The van der Waals surface area contributed by atoms with Crippen LogP contribution in [-0.4, -0.2) is 41.3 Å². The fourth-order valence-electron chi connectivity index (χ4n) is 3.58. The van der Waals surface area contributed by atoms with Crippen LogP contribution in [0, 0.1) is 6.92 Å². The zero-order valence-electron chi connectivity index (χ0n) is 12.8. The number of carbonyl (C=O) groups excluding carboxylic acids is 1. The highest BCUT2D eigenvalue weighted by atomic mass is 32.1. The summed E-state index contributed by atoms with van der Waals surface area (Å²) in [4.78, 5) is 21.0. The maximum atomic E-state index is 11.5. The van der Waals surface area contributed by atoms with E-state index in [1.54, 1.807) is 5.48 Å². The van der Waals surface area contributed by atoms with Crippen molar-refractivity contribution in [2.75, 3.05) is 22.9 Å². The third kappa shape index (κ3) is 2.46. The maximum absolute atomic E-state index is 11.5. The van der Waals surface area contributed by atoms with E-state index in [9.17, 15) is 4.79 Å². The van der Waals surface area contributed by atoms with Crippen molar-refractivity contribution in [3.05, 3.63) is 40.9 Å². The third-order valence-electron chi connectivity index (χ3n) is 4.64. The number of nitrogens with one attached hydrogen (secondary N) is 1. The molecule has 1 aromatic carbocycles. The van der Waals surface area contributed by atoms with Gasteiger partial charge in [0.05, 0.1) is 12.2 Å². The molecule has 1 amide bonds. The van der Waals surface area contributed by atoms with Gasteiger partial charge in [-0.2, -0.15) is 0 Å². The predicted molar refractivity (Wildman–Crippen MR) is 89.4 cm³/mol. The largest absolute Gasteiger partial charge is 0.365 e. The van der Waals surface area contributed by atoms with Gasteiger partial charge in [0, 0.05) is 24.8 Å². The number of aryl methyl sites for hydroxylation is 1. The molecule has 2 atom stereocenters. The number of thiazole rings is 1. The van der Waals surface area contributed by atoms with E-state index in [2.05, 4.69) is 46.0 Å². The second-order valence-corrected chi connectivity index (χ2v) is 7.14. The lowest BCUT2D eigenvalue weighted by atomic mass is 10.2. The number of rotatable bonds is 3. The van der Waals surface area contributed by atoms with E-state index in [-0.39, 0.29) is 0 Å². The Kier molecular flexibility index (Phi) is 3.46. The summed E-state index contributed by atoms with van der Waals surface area (Å²) in [5.74, 6) is -0.500.